The van der Waals surface area contributed by atoms with E-state index in [-0.39, 0.29) is 5.54 Å². The zero-order chi connectivity index (χ0) is 27.0. The number of para-hydroxylation sites is 2. The van der Waals surface area contributed by atoms with Crippen LogP contribution in [0.4, 0.5) is 5.69 Å². The minimum Gasteiger partial charge on any atom is -0.335 e. The van der Waals surface area contributed by atoms with Gasteiger partial charge in [-0.2, -0.15) is 0 Å². The van der Waals surface area contributed by atoms with Gasteiger partial charge in [0.1, 0.15) is 0 Å². The molecule has 0 atom stereocenters. The fourth-order valence-electron chi connectivity index (χ4n) is 5.50. The van der Waals surface area contributed by atoms with Crippen molar-refractivity contribution < 1.29 is 0 Å². The van der Waals surface area contributed by atoms with E-state index in [0.717, 1.165) is 28.0 Å². The van der Waals surface area contributed by atoms with Crippen LogP contribution in [-0.2, 0) is 12.1 Å². The second-order valence-corrected chi connectivity index (χ2v) is 11.1. The summed E-state index contributed by atoms with van der Waals surface area (Å²) in [5, 5.41) is 2.56. The zero-order valence-corrected chi connectivity index (χ0v) is 22.8. The molecule has 1 aliphatic rings. The molecule has 0 N–H and O–H groups in total. The normalized spacial score (nSPS) is 16.2. The highest BCUT2D eigenvalue weighted by Crippen LogP contribution is 2.37. The lowest BCUT2D eigenvalue weighted by molar-refractivity contribution is 0.423. The molecule has 0 amide bonds. The molecule has 1 aromatic heterocycles. The summed E-state index contributed by atoms with van der Waals surface area (Å²) < 4.78 is 2.46. The monoisotopic (exact) mass is 507 g/mol. The Bertz CT molecular complexity index is 1780. The third-order valence-electron chi connectivity index (χ3n) is 7.27. The SMILES string of the molecule is C=C1/C=C(c2ccc3c4ccccc4n(C(C)(C)C)c3c2)\C=C/N(C=NCc2ccccc2)c2ccccc21. The van der Waals surface area contributed by atoms with Crippen LogP contribution >= 0.6 is 0 Å². The van der Waals surface area contributed by atoms with Crippen molar-refractivity contribution >= 4 is 45.0 Å². The van der Waals surface area contributed by atoms with Crippen LogP contribution in [0.2, 0.25) is 0 Å². The molecular formula is C36H33N3. The van der Waals surface area contributed by atoms with Crippen molar-refractivity contribution in [2.24, 2.45) is 4.99 Å². The van der Waals surface area contributed by atoms with Crippen molar-refractivity contribution in [3.8, 4) is 0 Å². The number of aliphatic imine (C=N–C) groups is 1. The van der Waals surface area contributed by atoms with E-state index in [1.807, 2.05) is 24.5 Å². The van der Waals surface area contributed by atoms with E-state index in [1.165, 1.54) is 27.4 Å². The molecule has 0 saturated heterocycles. The maximum Gasteiger partial charge on any atom is 0.0939 e. The smallest absolute Gasteiger partial charge is 0.0939 e. The standard InChI is InChI=1S/C36H33N3/c1-26-22-29(28-18-19-32-31-15-9-11-17-34(31)39(35(32)23-28)36(2,3)4)20-21-38(33-16-10-8-14-30(26)33)25-37-24-27-12-6-5-7-13-27/h5-23,25H,1,24H2,2-4H3/b21-20-,29-22+,37-25?. The predicted molar refractivity (Wildman–Crippen MR) is 168 cm³/mol. The van der Waals surface area contributed by atoms with E-state index >= 15 is 0 Å². The van der Waals surface area contributed by atoms with E-state index in [9.17, 15) is 0 Å². The summed E-state index contributed by atoms with van der Waals surface area (Å²) in [6, 6.07) is 34.2. The van der Waals surface area contributed by atoms with Crippen LogP contribution in [-0.4, -0.2) is 10.9 Å². The number of anilines is 1. The summed E-state index contributed by atoms with van der Waals surface area (Å²) in [5.41, 5.74) is 9.04. The minimum atomic E-state index is -0.0559. The summed E-state index contributed by atoms with van der Waals surface area (Å²) in [6.07, 6.45) is 8.38. The quantitative estimate of drug-likeness (QED) is 0.175. The van der Waals surface area contributed by atoms with Gasteiger partial charge >= 0.3 is 0 Å². The van der Waals surface area contributed by atoms with Gasteiger partial charge in [-0.3, -0.25) is 4.99 Å². The molecule has 2 heterocycles. The van der Waals surface area contributed by atoms with Crippen molar-refractivity contribution in [3.63, 3.8) is 0 Å². The molecule has 1 aliphatic heterocycles. The second kappa shape index (κ2) is 9.92. The first kappa shape index (κ1) is 24.7. The number of nitrogens with zero attached hydrogens (tertiary/aromatic N) is 3. The van der Waals surface area contributed by atoms with Crippen molar-refractivity contribution in [2.75, 3.05) is 4.90 Å². The highest BCUT2D eigenvalue weighted by atomic mass is 15.1. The van der Waals surface area contributed by atoms with Crippen LogP contribution in [0.3, 0.4) is 0 Å². The molecule has 0 radical (unpaired) electrons. The van der Waals surface area contributed by atoms with Crippen molar-refractivity contribution in [3.05, 3.63) is 139 Å². The van der Waals surface area contributed by atoms with Gasteiger partial charge in [-0.05, 0) is 73.4 Å². The van der Waals surface area contributed by atoms with Crippen molar-refractivity contribution in [1.29, 1.82) is 0 Å². The van der Waals surface area contributed by atoms with E-state index in [0.29, 0.717) is 6.54 Å². The largest absolute Gasteiger partial charge is 0.335 e. The third kappa shape index (κ3) is 4.72. The third-order valence-corrected chi connectivity index (χ3v) is 7.27. The van der Waals surface area contributed by atoms with Crippen LogP contribution in [0.15, 0.2) is 127 Å². The van der Waals surface area contributed by atoms with E-state index in [2.05, 4.69) is 134 Å². The number of hydrogen-bond donors (Lipinski definition) is 0. The Kier molecular flexibility index (Phi) is 6.28. The summed E-state index contributed by atoms with van der Waals surface area (Å²) in [5.74, 6) is 0. The van der Waals surface area contributed by atoms with Crippen LogP contribution in [0.25, 0.3) is 33.0 Å². The first-order valence-corrected chi connectivity index (χ1v) is 13.4. The van der Waals surface area contributed by atoms with E-state index in [1.54, 1.807) is 0 Å². The van der Waals surface area contributed by atoms with E-state index < -0.39 is 0 Å². The molecule has 3 heteroatoms. The van der Waals surface area contributed by atoms with Crippen molar-refractivity contribution in [1.82, 2.24) is 4.57 Å². The summed E-state index contributed by atoms with van der Waals surface area (Å²) >= 11 is 0. The molecule has 5 aromatic rings. The lowest BCUT2D eigenvalue weighted by Crippen LogP contribution is -2.21. The summed E-state index contributed by atoms with van der Waals surface area (Å²) in [4.78, 5) is 6.86. The van der Waals surface area contributed by atoms with Gasteiger partial charge in [0.25, 0.3) is 0 Å². The van der Waals surface area contributed by atoms with Gasteiger partial charge in [-0.15, -0.1) is 0 Å². The number of allylic oxidation sites excluding steroid dienone is 4. The fourth-order valence-corrected chi connectivity index (χ4v) is 5.50. The molecular weight excluding hydrogens is 474 g/mol. The average molecular weight is 508 g/mol. The van der Waals surface area contributed by atoms with Gasteiger partial charge in [0.05, 0.1) is 24.1 Å². The topological polar surface area (TPSA) is 20.5 Å². The van der Waals surface area contributed by atoms with Gasteiger partial charge in [0, 0.05) is 33.6 Å². The van der Waals surface area contributed by atoms with Crippen LogP contribution in [0.5, 0.6) is 0 Å². The number of fused-ring (bicyclic) bond motifs is 4. The Morgan fingerprint density at radius 1 is 0.795 bits per heavy atom. The number of hydrogen-bond acceptors (Lipinski definition) is 1. The predicted octanol–water partition coefficient (Wildman–Crippen LogP) is 9.21. The molecule has 6 rings (SSSR count). The second-order valence-electron chi connectivity index (χ2n) is 11.1. The molecule has 0 aliphatic carbocycles. The highest BCUT2D eigenvalue weighted by Gasteiger charge is 2.21. The van der Waals surface area contributed by atoms with Crippen LogP contribution in [0.1, 0.15) is 37.5 Å². The number of rotatable bonds is 4. The van der Waals surface area contributed by atoms with Crippen molar-refractivity contribution in [2.45, 2.75) is 32.9 Å². The molecule has 0 spiro atoms. The summed E-state index contributed by atoms with van der Waals surface area (Å²) in [6.45, 7) is 11.9. The van der Waals surface area contributed by atoms with Gasteiger partial charge in [0.2, 0.25) is 0 Å². The Balaban J connectivity index is 1.44. The molecule has 0 saturated carbocycles. The fraction of sp³-hybridized carbons (Fsp3) is 0.139. The first-order chi connectivity index (χ1) is 18.9. The highest BCUT2D eigenvalue weighted by molar-refractivity contribution is 6.09. The lowest BCUT2D eigenvalue weighted by atomic mass is 9.96. The number of aromatic nitrogens is 1. The first-order valence-electron chi connectivity index (χ1n) is 13.4. The maximum absolute atomic E-state index is 4.76. The van der Waals surface area contributed by atoms with Crippen LogP contribution < -0.4 is 4.90 Å². The van der Waals surface area contributed by atoms with Gasteiger partial charge in [0.15, 0.2) is 0 Å². The Hall–Kier alpha value is -4.63. The van der Waals surface area contributed by atoms with Gasteiger partial charge in [-0.1, -0.05) is 85.4 Å². The lowest BCUT2D eigenvalue weighted by Gasteiger charge is -2.24. The summed E-state index contributed by atoms with van der Waals surface area (Å²) in [7, 11) is 0. The average Bonchev–Trinajstić information content (AvgIpc) is 3.28. The molecule has 192 valence electrons. The number of benzene rings is 4. The Morgan fingerprint density at radius 2 is 1.51 bits per heavy atom. The molecule has 39 heavy (non-hydrogen) atoms. The zero-order valence-electron chi connectivity index (χ0n) is 22.8. The molecule has 4 aromatic carbocycles. The van der Waals surface area contributed by atoms with Gasteiger partial charge < -0.3 is 9.47 Å². The molecule has 0 bridgehead atoms. The molecule has 0 fully saturated rings. The minimum absolute atomic E-state index is 0.0559. The Morgan fingerprint density at radius 3 is 2.33 bits per heavy atom. The molecule has 0 unspecified atom stereocenters. The van der Waals surface area contributed by atoms with E-state index in [4.69, 9.17) is 4.99 Å². The molecule has 3 nitrogen and oxygen atoms in total. The Labute approximate surface area is 230 Å². The van der Waals surface area contributed by atoms with Crippen LogP contribution in [0, 0.1) is 0 Å². The maximum atomic E-state index is 4.76. The van der Waals surface area contributed by atoms with Gasteiger partial charge in [-0.25, -0.2) is 0 Å².